The number of rotatable bonds is 4. The fraction of sp³-hybridized carbons (Fsp3) is 0.143. The first-order chi connectivity index (χ1) is 9.10. The van der Waals surface area contributed by atoms with Gasteiger partial charge in [-0.25, -0.2) is 4.98 Å². The Bertz CT molecular complexity index is 611. The zero-order valence-electron chi connectivity index (χ0n) is 10.6. The predicted molar refractivity (Wildman–Crippen MR) is 71.9 cm³/mol. The molecule has 0 bridgehead atoms. The monoisotopic (exact) mass is 257 g/mol. The average molecular weight is 257 g/mol. The number of benzene rings is 1. The van der Waals surface area contributed by atoms with E-state index in [2.05, 4.69) is 4.98 Å². The van der Waals surface area contributed by atoms with Crippen LogP contribution in [-0.2, 0) is 6.54 Å². The van der Waals surface area contributed by atoms with Crippen LogP contribution < -0.4 is 16.2 Å². The van der Waals surface area contributed by atoms with Gasteiger partial charge in [-0.05, 0) is 30.7 Å². The van der Waals surface area contributed by atoms with E-state index < -0.39 is 5.91 Å². The quantitative estimate of drug-likeness (QED) is 0.872. The van der Waals surface area contributed by atoms with Gasteiger partial charge in [0.1, 0.15) is 5.75 Å². The third-order valence-corrected chi connectivity index (χ3v) is 2.59. The van der Waals surface area contributed by atoms with Gasteiger partial charge in [-0.1, -0.05) is 12.1 Å². The van der Waals surface area contributed by atoms with Crippen LogP contribution in [0.5, 0.6) is 11.6 Å². The summed E-state index contributed by atoms with van der Waals surface area (Å²) in [6.07, 6.45) is 0. The van der Waals surface area contributed by atoms with Crippen molar-refractivity contribution in [2.45, 2.75) is 13.5 Å². The molecule has 1 aromatic heterocycles. The van der Waals surface area contributed by atoms with Gasteiger partial charge < -0.3 is 16.2 Å². The van der Waals surface area contributed by atoms with Crippen LogP contribution in [0.2, 0.25) is 0 Å². The standard InChI is InChI=1S/C14H15N3O2/c1-9-6-10(8-15)7-13(17-9)19-12-5-3-2-4-11(12)14(16)18/h2-7H,8,15H2,1H3,(H2,16,18). The van der Waals surface area contributed by atoms with Crippen molar-refractivity contribution < 1.29 is 9.53 Å². The molecule has 2 rings (SSSR count). The van der Waals surface area contributed by atoms with Crippen molar-refractivity contribution in [3.63, 3.8) is 0 Å². The van der Waals surface area contributed by atoms with Crippen LogP contribution in [-0.4, -0.2) is 10.9 Å². The lowest BCUT2D eigenvalue weighted by Gasteiger charge is -2.09. The van der Waals surface area contributed by atoms with Crippen molar-refractivity contribution >= 4 is 5.91 Å². The lowest BCUT2D eigenvalue weighted by Crippen LogP contribution is -2.12. The molecule has 0 atom stereocenters. The summed E-state index contributed by atoms with van der Waals surface area (Å²) in [5.41, 5.74) is 12.9. The van der Waals surface area contributed by atoms with Crippen LogP contribution >= 0.6 is 0 Å². The van der Waals surface area contributed by atoms with Crippen molar-refractivity contribution in [2.75, 3.05) is 0 Å². The summed E-state index contributed by atoms with van der Waals surface area (Å²) < 4.78 is 5.63. The van der Waals surface area contributed by atoms with Gasteiger partial charge in [-0.3, -0.25) is 4.79 Å². The smallest absolute Gasteiger partial charge is 0.252 e. The molecule has 1 aromatic carbocycles. The third kappa shape index (κ3) is 3.08. The van der Waals surface area contributed by atoms with Gasteiger partial charge in [0.2, 0.25) is 5.88 Å². The van der Waals surface area contributed by atoms with Crippen LogP contribution in [0, 0.1) is 6.92 Å². The Morgan fingerprint density at radius 3 is 2.74 bits per heavy atom. The van der Waals surface area contributed by atoms with Crippen molar-refractivity contribution in [2.24, 2.45) is 11.5 Å². The molecule has 1 amide bonds. The van der Waals surface area contributed by atoms with E-state index in [-0.39, 0.29) is 0 Å². The average Bonchev–Trinajstić information content (AvgIpc) is 2.38. The number of ether oxygens (including phenoxy) is 1. The fourth-order valence-corrected chi connectivity index (χ4v) is 1.75. The zero-order valence-corrected chi connectivity index (χ0v) is 10.6. The maximum atomic E-state index is 11.3. The SMILES string of the molecule is Cc1cc(CN)cc(Oc2ccccc2C(N)=O)n1. The Labute approximate surface area is 111 Å². The summed E-state index contributed by atoms with van der Waals surface area (Å²) in [5, 5.41) is 0. The van der Waals surface area contributed by atoms with E-state index in [1.54, 1.807) is 30.3 Å². The number of pyridine rings is 1. The molecule has 0 fully saturated rings. The Morgan fingerprint density at radius 2 is 2.05 bits per heavy atom. The zero-order chi connectivity index (χ0) is 13.8. The number of aryl methyl sites for hydroxylation is 1. The van der Waals surface area contributed by atoms with Crippen LogP contribution in [0.1, 0.15) is 21.6 Å². The summed E-state index contributed by atoms with van der Waals surface area (Å²) in [7, 11) is 0. The van der Waals surface area contributed by atoms with Crippen molar-refractivity contribution in [1.82, 2.24) is 4.98 Å². The molecule has 0 aliphatic carbocycles. The molecule has 5 heteroatoms. The molecule has 0 unspecified atom stereocenters. The number of para-hydroxylation sites is 1. The van der Waals surface area contributed by atoms with Crippen LogP contribution in [0.15, 0.2) is 36.4 Å². The summed E-state index contributed by atoms with van der Waals surface area (Å²) in [6, 6.07) is 10.4. The maximum Gasteiger partial charge on any atom is 0.252 e. The number of carbonyl (C=O) groups excluding carboxylic acids is 1. The van der Waals surface area contributed by atoms with Crippen molar-refractivity contribution in [3.8, 4) is 11.6 Å². The van der Waals surface area contributed by atoms with E-state index in [9.17, 15) is 4.79 Å². The lowest BCUT2D eigenvalue weighted by atomic mass is 10.2. The Kier molecular flexibility index (Phi) is 3.77. The van der Waals surface area contributed by atoms with E-state index in [0.717, 1.165) is 11.3 Å². The first-order valence-corrected chi connectivity index (χ1v) is 5.84. The Hall–Kier alpha value is -2.40. The van der Waals surface area contributed by atoms with Crippen molar-refractivity contribution in [3.05, 3.63) is 53.2 Å². The molecular weight excluding hydrogens is 242 g/mol. The minimum absolute atomic E-state index is 0.320. The van der Waals surface area contributed by atoms with Gasteiger partial charge in [-0.15, -0.1) is 0 Å². The van der Waals surface area contributed by atoms with Crippen molar-refractivity contribution in [1.29, 1.82) is 0 Å². The Morgan fingerprint density at radius 1 is 1.32 bits per heavy atom. The second-order valence-electron chi connectivity index (χ2n) is 4.12. The van der Waals surface area contributed by atoms with Crippen LogP contribution in [0.3, 0.4) is 0 Å². The maximum absolute atomic E-state index is 11.3. The van der Waals surface area contributed by atoms with Gasteiger partial charge in [0.25, 0.3) is 5.91 Å². The van der Waals surface area contributed by atoms with Gasteiger partial charge in [0.05, 0.1) is 5.56 Å². The van der Waals surface area contributed by atoms with E-state index in [1.165, 1.54) is 0 Å². The highest BCUT2D eigenvalue weighted by molar-refractivity contribution is 5.95. The number of aromatic nitrogens is 1. The van der Waals surface area contributed by atoms with E-state index in [0.29, 0.717) is 23.7 Å². The normalized spacial score (nSPS) is 10.2. The summed E-state index contributed by atoms with van der Waals surface area (Å²) in [5.74, 6) is 0.243. The number of hydrogen-bond donors (Lipinski definition) is 2. The second kappa shape index (κ2) is 5.49. The Balaban J connectivity index is 2.36. The fourth-order valence-electron chi connectivity index (χ4n) is 1.75. The molecule has 1 heterocycles. The van der Waals surface area contributed by atoms with Gasteiger partial charge in [0.15, 0.2) is 0 Å². The van der Waals surface area contributed by atoms with Crippen LogP contribution in [0.4, 0.5) is 0 Å². The third-order valence-electron chi connectivity index (χ3n) is 2.59. The molecule has 0 radical (unpaired) electrons. The van der Waals surface area contributed by atoms with Gasteiger partial charge in [0, 0.05) is 18.3 Å². The molecule has 5 nitrogen and oxygen atoms in total. The highest BCUT2D eigenvalue weighted by atomic mass is 16.5. The molecule has 2 aromatic rings. The summed E-state index contributed by atoms with van der Waals surface area (Å²) in [4.78, 5) is 15.6. The number of nitrogens with zero attached hydrogens (tertiary/aromatic N) is 1. The summed E-state index contributed by atoms with van der Waals surface area (Å²) >= 11 is 0. The molecule has 4 N–H and O–H groups in total. The van der Waals surface area contributed by atoms with Gasteiger partial charge in [-0.2, -0.15) is 0 Å². The predicted octanol–water partition coefficient (Wildman–Crippen LogP) is 1.74. The number of hydrogen-bond acceptors (Lipinski definition) is 4. The van der Waals surface area contributed by atoms with E-state index in [1.807, 2.05) is 13.0 Å². The molecule has 0 spiro atoms. The topological polar surface area (TPSA) is 91.2 Å². The highest BCUT2D eigenvalue weighted by Gasteiger charge is 2.10. The summed E-state index contributed by atoms with van der Waals surface area (Å²) in [6.45, 7) is 2.25. The number of amides is 1. The molecule has 19 heavy (non-hydrogen) atoms. The largest absolute Gasteiger partial charge is 0.438 e. The molecule has 0 aliphatic rings. The molecular formula is C14H15N3O2. The first-order valence-electron chi connectivity index (χ1n) is 5.84. The van der Waals surface area contributed by atoms with E-state index >= 15 is 0 Å². The van der Waals surface area contributed by atoms with Crippen LogP contribution in [0.25, 0.3) is 0 Å². The number of nitrogens with two attached hydrogens (primary N) is 2. The van der Waals surface area contributed by atoms with Gasteiger partial charge >= 0.3 is 0 Å². The van der Waals surface area contributed by atoms with E-state index in [4.69, 9.17) is 16.2 Å². The minimum atomic E-state index is -0.540. The second-order valence-corrected chi connectivity index (χ2v) is 4.12. The minimum Gasteiger partial charge on any atom is -0.438 e. The molecule has 0 aliphatic heterocycles. The molecule has 0 saturated heterocycles. The first kappa shape index (κ1) is 13.0. The number of carbonyl (C=O) groups is 1. The number of primary amides is 1. The molecule has 98 valence electrons. The molecule has 0 saturated carbocycles. The highest BCUT2D eigenvalue weighted by Crippen LogP contribution is 2.24. The lowest BCUT2D eigenvalue weighted by molar-refractivity contribution is 0.0998.